The van der Waals surface area contributed by atoms with Crippen molar-refractivity contribution in [1.82, 2.24) is 5.32 Å². The maximum atomic E-state index is 11.7. The van der Waals surface area contributed by atoms with Crippen molar-refractivity contribution in [2.75, 3.05) is 13.7 Å². The van der Waals surface area contributed by atoms with Crippen LogP contribution in [-0.2, 0) is 4.74 Å². The first-order valence-corrected chi connectivity index (χ1v) is 8.24. The molecule has 0 bridgehead atoms. The highest BCUT2D eigenvalue weighted by Crippen LogP contribution is 2.31. The molecule has 2 rings (SSSR count). The van der Waals surface area contributed by atoms with E-state index in [0.29, 0.717) is 11.6 Å². The number of halogens is 2. The maximum Gasteiger partial charge on any atom is 0.407 e. The fourth-order valence-corrected chi connectivity index (χ4v) is 2.78. The van der Waals surface area contributed by atoms with E-state index in [-0.39, 0.29) is 0 Å². The lowest BCUT2D eigenvalue weighted by molar-refractivity contribution is 0.168. The zero-order chi connectivity index (χ0) is 16.8. The van der Waals surface area contributed by atoms with E-state index < -0.39 is 12.1 Å². The van der Waals surface area contributed by atoms with Gasteiger partial charge in [-0.05, 0) is 48.4 Å². The van der Waals surface area contributed by atoms with E-state index in [1.54, 1.807) is 6.07 Å². The van der Waals surface area contributed by atoms with Gasteiger partial charge in [0.05, 0.1) is 19.8 Å². The molecule has 2 aromatic carbocycles. The molecule has 0 spiro atoms. The first kappa shape index (κ1) is 17.6. The fraction of sp³-hybridized carbons (Fsp3) is 0.235. The second-order valence-corrected chi connectivity index (χ2v) is 6.06. The molecular weight excluding hydrogens is 382 g/mol. The zero-order valence-electron chi connectivity index (χ0n) is 12.8. The second-order valence-electron chi connectivity index (χ2n) is 4.74. The van der Waals surface area contributed by atoms with Crippen molar-refractivity contribution in [2.45, 2.75) is 13.0 Å². The maximum absolute atomic E-state index is 11.7. The van der Waals surface area contributed by atoms with E-state index in [4.69, 9.17) is 21.1 Å². The van der Waals surface area contributed by atoms with Gasteiger partial charge >= 0.3 is 6.09 Å². The minimum atomic E-state index is -0.528. The smallest absolute Gasteiger partial charge is 0.407 e. The third kappa shape index (κ3) is 4.62. The Hall–Kier alpha value is -1.72. The summed E-state index contributed by atoms with van der Waals surface area (Å²) in [6, 6.07) is 12.6. The van der Waals surface area contributed by atoms with Gasteiger partial charge in [0, 0.05) is 9.50 Å². The van der Waals surface area contributed by atoms with E-state index in [1.807, 2.05) is 43.3 Å². The molecule has 1 atom stereocenters. The molecule has 0 fully saturated rings. The third-order valence-corrected chi connectivity index (χ3v) is 4.08. The monoisotopic (exact) mass is 397 g/mol. The van der Waals surface area contributed by atoms with Crippen LogP contribution < -0.4 is 10.1 Å². The number of benzene rings is 2. The number of hydrogen-bond donors (Lipinski definition) is 1. The second kappa shape index (κ2) is 8.22. The quantitative estimate of drug-likeness (QED) is 0.775. The first-order valence-electron chi connectivity index (χ1n) is 7.07. The molecule has 1 N–H and O–H groups in total. The average Bonchev–Trinajstić information content (AvgIpc) is 2.56. The van der Waals surface area contributed by atoms with Gasteiger partial charge in [0.25, 0.3) is 0 Å². The van der Waals surface area contributed by atoms with Crippen LogP contribution >= 0.6 is 27.5 Å². The van der Waals surface area contributed by atoms with Crippen LogP contribution in [0.1, 0.15) is 24.1 Å². The Balaban J connectivity index is 2.41. The summed E-state index contributed by atoms with van der Waals surface area (Å²) in [5.41, 5.74) is 1.65. The van der Waals surface area contributed by atoms with Crippen LogP contribution in [0.5, 0.6) is 5.75 Å². The molecular formula is C17H17BrClNO3. The SMILES string of the molecule is CCOc1ccc(C(NC(=O)OC)c2cc(Br)ccc2Cl)cc1. The van der Waals surface area contributed by atoms with Crippen molar-refractivity contribution in [3.8, 4) is 5.75 Å². The summed E-state index contributed by atoms with van der Waals surface area (Å²) in [5.74, 6) is 0.772. The Labute approximate surface area is 148 Å². The van der Waals surface area contributed by atoms with Crippen molar-refractivity contribution in [3.05, 3.63) is 63.1 Å². The number of nitrogens with one attached hydrogen (secondary N) is 1. The lowest BCUT2D eigenvalue weighted by atomic mass is 9.98. The molecule has 0 heterocycles. The van der Waals surface area contributed by atoms with Gasteiger partial charge in [-0.2, -0.15) is 0 Å². The van der Waals surface area contributed by atoms with Crippen LogP contribution in [0.15, 0.2) is 46.9 Å². The summed E-state index contributed by atoms with van der Waals surface area (Å²) < 4.78 is 11.0. The molecule has 0 aromatic heterocycles. The third-order valence-electron chi connectivity index (χ3n) is 3.24. The van der Waals surface area contributed by atoms with Crippen LogP contribution in [-0.4, -0.2) is 19.8 Å². The van der Waals surface area contributed by atoms with Crippen LogP contribution in [0.4, 0.5) is 4.79 Å². The number of methoxy groups -OCH3 is 1. The molecule has 0 saturated heterocycles. The van der Waals surface area contributed by atoms with Crippen molar-refractivity contribution in [1.29, 1.82) is 0 Å². The van der Waals surface area contributed by atoms with Crippen LogP contribution in [0, 0.1) is 0 Å². The summed E-state index contributed by atoms with van der Waals surface area (Å²) in [6.07, 6.45) is -0.528. The molecule has 0 aliphatic carbocycles. The van der Waals surface area contributed by atoms with Crippen LogP contribution in [0.3, 0.4) is 0 Å². The Morgan fingerprint density at radius 2 is 1.96 bits per heavy atom. The Bertz CT molecular complexity index is 676. The summed E-state index contributed by atoms with van der Waals surface area (Å²) >= 11 is 9.74. The molecule has 0 aliphatic heterocycles. The minimum Gasteiger partial charge on any atom is -0.494 e. The highest BCUT2D eigenvalue weighted by atomic mass is 79.9. The van der Waals surface area contributed by atoms with Gasteiger partial charge in [-0.3, -0.25) is 0 Å². The lowest BCUT2D eigenvalue weighted by Gasteiger charge is -2.21. The summed E-state index contributed by atoms with van der Waals surface area (Å²) in [7, 11) is 1.33. The molecule has 0 radical (unpaired) electrons. The van der Waals surface area contributed by atoms with Crippen LogP contribution in [0.25, 0.3) is 0 Å². The summed E-state index contributed by atoms with van der Waals surface area (Å²) in [4.78, 5) is 11.7. The number of hydrogen-bond acceptors (Lipinski definition) is 3. The molecule has 6 heteroatoms. The molecule has 1 amide bonds. The van der Waals surface area contributed by atoms with E-state index in [0.717, 1.165) is 21.3 Å². The fourth-order valence-electron chi connectivity index (χ4n) is 2.18. The molecule has 1 unspecified atom stereocenters. The Morgan fingerprint density at radius 1 is 1.26 bits per heavy atom. The average molecular weight is 399 g/mol. The number of rotatable bonds is 5. The van der Waals surface area contributed by atoms with Crippen molar-refractivity contribution in [3.63, 3.8) is 0 Å². The zero-order valence-corrected chi connectivity index (χ0v) is 15.1. The first-order chi connectivity index (χ1) is 11.0. The van der Waals surface area contributed by atoms with E-state index >= 15 is 0 Å². The van der Waals surface area contributed by atoms with Gasteiger partial charge in [0.1, 0.15) is 5.75 Å². The van der Waals surface area contributed by atoms with Gasteiger partial charge in [-0.25, -0.2) is 4.79 Å². The van der Waals surface area contributed by atoms with Gasteiger partial charge in [-0.1, -0.05) is 39.7 Å². The summed E-state index contributed by atoms with van der Waals surface area (Å²) in [5, 5.41) is 3.37. The minimum absolute atomic E-state index is 0.428. The predicted molar refractivity (Wildman–Crippen MR) is 94.1 cm³/mol. The molecule has 4 nitrogen and oxygen atoms in total. The Morgan fingerprint density at radius 3 is 2.57 bits per heavy atom. The van der Waals surface area contributed by atoms with Crippen molar-refractivity contribution in [2.24, 2.45) is 0 Å². The molecule has 0 aliphatic rings. The van der Waals surface area contributed by atoms with Crippen molar-refractivity contribution >= 4 is 33.6 Å². The van der Waals surface area contributed by atoms with Gasteiger partial charge in [0.2, 0.25) is 0 Å². The summed E-state index contributed by atoms with van der Waals surface area (Å²) in [6.45, 7) is 2.53. The van der Waals surface area contributed by atoms with Gasteiger partial charge in [-0.15, -0.1) is 0 Å². The largest absolute Gasteiger partial charge is 0.494 e. The van der Waals surface area contributed by atoms with Crippen LogP contribution in [0.2, 0.25) is 5.02 Å². The Kier molecular flexibility index (Phi) is 6.30. The van der Waals surface area contributed by atoms with E-state index in [2.05, 4.69) is 21.2 Å². The molecule has 122 valence electrons. The molecule has 2 aromatic rings. The van der Waals surface area contributed by atoms with E-state index in [1.165, 1.54) is 7.11 Å². The standard InChI is InChI=1S/C17H17BrClNO3/c1-3-23-13-7-4-11(5-8-13)16(20-17(21)22-2)14-10-12(18)6-9-15(14)19/h4-10,16H,3H2,1-2H3,(H,20,21). The van der Waals surface area contributed by atoms with Gasteiger partial charge in [0.15, 0.2) is 0 Å². The lowest BCUT2D eigenvalue weighted by Crippen LogP contribution is -2.29. The number of amides is 1. The topological polar surface area (TPSA) is 47.6 Å². The highest BCUT2D eigenvalue weighted by molar-refractivity contribution is 9.10. The number of carbonyl (C=O) groups excluding carboxylic acids is 1. The number of carbonyl (C=O) groups is 1. The van der Waals surface area contributed by atoms with Crippen molar-refractivity contribution < 1.29 is 14.3 Å². The molecule has 23 heavy (non-hydrogen) atoms. The highest BCUT2D eigenvalue weighted by Gasteiger charge is 2.20. The predicted octanol–water partition coefficient (Wildman–Crippen LogP) is 4.95. The number of ether oxygens (including phenoxy) is 2. The molecule has 0 saturated carbocycles. The van der Waals surface area contributed by atoms with Gasteiger partial charge < -0.3 is 14.8 Å². The normalized spacial score (nSPS) is 11.7. The van der Waals surface area contributed by atoms with E-state index in [9.17, 15) is 4.79 Å². The number of alkyl carbamates (subject to hydrolysis) is 1.